The highest BCUT2D eigenvalue weighted by molar-refractivity contribution is 5.98. The number of ketones is 1. The van der Waals surface area contributed by atoms with Gasteiger partial charge in [0.05, 0.1) is 14.2 Å². The van der Waals surface area contributed by atoms with E-state index in [1.54, 1.807) is 51.5 Å². The monoisotopic (exact) mass is 369 g/mol. The summed E-state index contributed by atoms with van der Waals surface area (Å²) in [5.41, 5.74) is 2.10. The second-order valence-electron chi connectivity index (χ2n) is 6.86. The lowest BCUT2D eigenvalue weighted by molar-refractivity contribution is 0.0991. The minimum Gasteiger partial charge on any atom is -0.496 e. The molecule has 0 bridgehead atoms. The number of hydrogen-bond donors (Lipinski definition) is 0. The molecule has 1 aliphatic rings. The molecule has 3 rings (SSSR count). The van der Waals surface area contributed by atoms with E-state index < -0.39 is 12.3 Å². The summed E-state index contributed by atoms with van der Waals surface area (Å²) in [5, 5.41) is 0. The third-order valence-corrected chi connectivity index (χ3v) is 4.73. The third kappa shape index (κ3) is 3.82. The quantitative estimate of drug-likeness (QED) is 0.700. The number of alkyl halides is 1. The summed E-state index contributed by atoms with van der Waals surface area (Å²) in [6, 6.07) is 8.90. The summed E-state index contributed by atoms with van der Waals surface area (Å²) in [6.07, 6.45) is 3.70. The fourth-order valence-electron chi connectivity index (χ4n) is 3.10. The Morgan fingerprint density at radius 3 is 2.41 bits per heavy atom. The van der Waals surface area contributed by atoms with Crippen molar-refractivity contribution in [2.45, 2.75) is 25.9 Å². The number of Topliss-reactive ketones (excluding diaryl/α,β-unsaturated/α-hetero) is 1. The number of rotatable bonds is 6. The standard InChI is InChI=1S/C22H23FO4/c1-14-20(25-3)10-15(11-21(14)26-4)9-18(24)16-5-6-19-17(12-16)7-8-22(2,13-23)27-19/h5-8,10-12H,9,13H2,1-4H3/i23-1. The molecule has 4 nitrogen and oxygen atoms in total. The zero-order chi connectivity index (χ0) is 19.6. The largest absolute Gasteiger partial charge is 0.496 e. The topological polar surface area (TPSA) is 44.8 Å². The van der Waals surface area contributed by atoms with Gasteiger partial charge >= 0.3 is 0 Å². The van der Waals surface area contributed by atoms with Crippen LogP contribution >= 0.6 is 0 Å². The van der Waals surface area contributed by atoms with Crippen LogP contribution in [-0.4, -0.2) is 32.3 Å². The molecular formula is C22H23FO4. The summed E-state index contributed by atoms with van der Waals surface area (Å²) in [5.74, 6) is 1.92. The normalized spacial score (nSPS) is 17.8. The number of fused-ring (bicyclic) bond motifs is 1. The van der Waals surface area contributed by atoms with E-state index in [4.69, 9.17) is 14.2 Å². The van der Waals surface area contributed by atoms with Crippen LogP contribution in [0.2, 0.25) is 0 Å². The molecule has 0 aliphatic carbocycles. The van der Waals surface area contributed by atoms with Gasteiger partial charge in [-0.25, -0.2) is 4.39 Å². The van der Waals surface area contributed by atoms with Crippen LogP contribution in [0.5, 0.6) is 17.2 Å². The van der Waals surface area contributed by atoms with Crippen molar-refractivity contribution in [2.24, 2.45) is 0 Å². The highest BCUT2D eigenvalue weighted by Crippen LogP contribution is 2.33. The Kier molecular flexibility index (Phi) is 5.22. The summed E-state index contributed by atoms with van der Waals surface area (Å²) in [6.45, 7) is 2.98. The van der Waals surface area contributed by atoms with Crippen molar-refractivity contribution in [1.82, 2.24) is 0 Å². The minimum atomic E-state index is -0.951. The van der Waals surface area contributed by atoms with E-state index in [-0.39, 0.29) is 12.2 Å². The maximum Gasteiger partial charge on any atom is 0.167 e. The summed E-state index contributed by atoms with van der Waals surface area (Å²) in [4.78, 5) is 12.8. The first kappa shape index (κ1) is 19.0. The predicted octanol–water partition coefficient (Wildman–Crippen LogP) is 4.57. The molecule has 0 saturated carbocycles. The zero-order valence-electron chi connectivity index (χ0n) is 16.0. The van der Waals surface area contributed by atoms with Crippen LogP contribution in [0, 0.1) is 6.92 Å². The molecule has 0 spiro atoms. The minimum absolute atomic E-state index is 0.0296. The van der Waals surface area contributed by atoms with Crippen molar-refractivity contribution in [2.75, 3.05) is 20.9 Å². The molecule has 0 saturated heterocycles. The second-order valence-corrected chi connectivity index (χ2v) is 6.86. The predicted molar refractivity (Wildman–Crippen MR) is 103 cm³/mol. The highest BCUT2D eigenvalue weighted by atomic mass is 18.2. The fraction of sp³-hybridized carbons (Fsp3) is 0.318. The van der Waals surface area contributed by atoms with Gasteiger partial charge in [-0.15, -0.1) is 0 Å². The van der Waals surface area contributed by atoms with Crippen LogP contribution in [0.25, 0.3) is 6.08 Å². The Morgan fingerprint density at radius 2 is 1.81 bits per heavy atom. The van der Waals surface area contributed by atoms with E-state index in [0.717, 1.165) is 16.7 Å². The smallest absolute Gasteiger partial charge is 0.167 e. The van der Waals surface area contributed by atoms with Crippen LogP contribution < -0.4 is 14.2 Å². The molecule has 0 N–H and O–H groups in total. The maximum absolute atomic E-state index is 13.1. The summed E-state index contributed by atoms with van der Waals surface area (Å²) < 4.78 is 29.5. The lowest BCUT2D eigenvalue weighted by atomic mass is 9.96. The maximum atomic E-state index is 13.1. The van der Waals surface area contributed by atoms with Gasteiger partial charge < -0.3 is 14.2 Å². The van der Waals surface area contributed by atoms with Gasteiger partial charge in [0.2, 0.25) is 0 Å². The number of methoxy groups -OCH3 is 2. The molecule has 0 fully saturated rings. The fourth-order valence-corrected chi connectivity index (χ4v) is 3.10. The Hall–Kier alpha value is -2.82. The number of ether oxygens (including phenoxy) is 3. The van der Waals surface area contributed by atoms with Gasteiger partial charge in [0, 0.05) is 23.1 Å². The van der Waals surface area contributed by atoms with Gasteiger partial charge in [-0.1, -0.05) is 6.08 Å². The van der Waals surface area contributed by atoms with Gasteiger partial charge in [0.25, 0.3) is 0 Å². The average Bonchev–Trinajstić information content (AvgIpc) is 2.68. The van der Waals surface area contributed by atoms with Crippen molar-refractivity contribution < 1.29 is 23.4 Å². The van der Waals surface area contributed by atoms with E-state index in [1.165, 1.54) is 0 Å². The van der Waals surface area contributed by atoms with Gasteiger partial charge in [0.1, 0.15) is 23.9 Å². The van der Waals surface area contributed by atoms with Crippen LogP contribution in [-0.2, 0) is 6.42 Å². The molecule has 5 heteroatoms. The molecule has 1 heterocycles. The first-order chi connectivity index (χ1) is 12.9. The number of hydrogen-bond acceptors (Lipinski definition) is 4. The van der Waals surface area contributed by atoms with E-state index in [1.807, 2.05) is 19.1 Å². The molecule has 1 unspecified atom stereocenters. The molecule has 2 aromatic rings. The summed E-state index contributed by atoms with van der Waals surface area (Å²) >= 11 is 0. The molecule has 0 radical (unpaired) electrons. The number of benzene rings is 2. The van der Waals surface area contributed by atoms with Gasteiger partial charge in [-0.3, -0.25) is 4.79 Å². The van der Waals surface area contributed by atoms with E-state index in [0.29, 0.717) is 22.8 Å². The number of carbonyl (C=O) groups excluding carboxylic acids is 1. The third-order valence-electron chi connectivity index (χ3n) is 4.73. The number of carbonyl (C=O) groups is 1. The molecule has 0 aromatic heterocycles. The molecule has 0 amide bonds. The van der Waals surface area contributed by atoms with E-state index in [2.05, 4.69) is 0 Å². The van der Waals surface area contributed by atoms with Crippen molar-refractivity contribution in [3.8, 4) is 17.2 Å². The van der Waals surface area contributed by atoms with Crippen molar-refractivity contribution in [3.63, 3.8) is 0 Å². The second kappa shape index (κ2) is 7.43. The highest BCUT2D eigenvalue weighted by Gasteiger charge is 2.27. The average molecular weight is 369 g/mol. The summed E-state index contributed by atoms with van der Waals surface area (Å²) in [7, 11) is 3.18. The van der Waals surface area contributed by atoms with E-state index in [9.17, 15) is 9.18 Å². The molecular weight excluding hydrogens is 346 g/mol. The van der Waals surface area contributed by atoms with Crippen LogP contribution in [0.1, 0.15) is 34.0 Å². The zero-order valence-corrected chi connectivity index (χ0v) is 16.0. The molecule has 1 aliphatic heterocycles. The Balaban J connectivity index is 1.84. The first-order valence-electron chi connectivity index (χ1n) is 8.72. The molecule has 142 valence electrons. The Bertz CT molecular complexity index is 878. The molecule has 27 heavy (non-hydrogen) atoms. The van der Waals surface area contributed by atoms with Crippen molar-refractivity contribution >= 4 is 11.9 Å². The Morgan fingerprint density at radius 1 is 1.15 bits per heavy atom. The SMILES string of the molecule is COc1cc(CC(=O)c2ccc3c(c2)C=CC(C)(C[18F])O3)cc(OC)c1C. The van der Waals surface area contributed by atoms with Crippen molar-refractivity contribution in [1.29, 1.82) is 0 Å². The van der Waals surface area contributed by atoms with Gasteiger partial charge in [-0.05, 0) is 55.8 Å². The molecule has 2 aromatic carbocycles. The van der Waals surface area contributed by atoms with Gasteiger partial charge in [0.15, 0.2) is 11.4 Å². The van der Waals surface area contributed by atoms with Crippen molar-refractivity contribution in [3.05, 3.63) is 58.7 Å². The van der Waals surface area contributed by atoms with E-state index >= 15 is 0 Å². The van der Waals surface area contributed by atoms with Gasteiger partial charge in [-0.2, -0.15) is 0 Å². The first-order valence-corrected chi connectivity index (χ1v) is 8.72. The van der Waals surface area contributed by atoms with Crippen LogP contribution in [0.15, 0.2) is 36.4 Å². The van der Waals surface area contributed by atoms with Crippen LogP contribution in [0.3, 0.4) is 0 Å². The lowest BCUT2D eigenvalue weighted by Crippen LogP contribution is -2.34. The Labute approximate surface area is 158 Å². The van der Waals surface area contributed by atoms with Crippen LogP contribution in [0.4, 0.5) is 4.39 Å². The molecule has 1 atom stereocenters. The lowest BCUT2D eigenvalue weighted by Gasteiger charge is -2.29. The number of halogens is 1.